The summed E-state index contributed by atoms with van der Waals surface area (Å²) in [5.41, 5.74) is 5.67. The van der Waals surface area contributed by atoms with E-state index in [9.17, 15) is 0 Å². The molecule has 4 aromatic carbocycles. The molecule has 4 heteroatoms. The Balaban J connectivity index is 1.55. The van der Waals surface area contributed by atoms with Crippen molar-refractivity contribution >= 4 is 21.5 Å². The van der Waals surface area contributed by atoms with Gasteiger partial charge in [0.15, 0.2) is 0 Å². The van der Waals surface area contributed by atoms with Crippen LogP contribution in [-0.4, -0.2) is 24.2 Å². The Labute approximate surface area is 216 Å². The minimum atomic E-state index is 0.590. The largest absolute Gasteiger partial charge is 0.496 e. The average molecular weight is 483 g/mol. The topological polar surface area (TPSA) is 44.2 Å². The first-order valence-corrected chi connectivity index (χ1v) is 12.3. The molecule has 180 valence electrons. The molecule has 0 N–H and O–H groups in total. The fraction of sp³-hybridized carbons (Fsp3) is 0.0909. The zero-order valence-corrected chi connectivity index (χ0v) is 20.8. The summed E-state index contributed by atoms with van der Waals surface area (Å²) < 4.78 is 11.3. The molecule has 2 aromatic heterocycles. The van der Waals surface area contributed by atoms with Gasteiger partial charge in [0.2, 0.25) is 0 Å². The highest BCUT2D eigenvalue weighted by molar-refractivity contribution is 5.91. The van der Waals surface area contributed by atoms with Crippen LogP contribution in [0.5, 0.6) is 11.5 Å². The van der Waals surface area contributed by atoms with E-state index in [1.54, 1.807) is 14.2 Å². The SMILES string of the molecule is COc1ccccc1-c1cc2ccccc2c(Cc2nc(-c3ccccc3OC)cc3ccccc23)n1. The molecule has 0 amide bonds. The molecule has 0 bridgehead atoms. The van der Waals surface area contributed by atoms with Crippen LogP contribution in [0.15, 0.2) is 109 Å². The predicted octanol–water partition coefficient (Wildman–Crippen LogP) is 7.73. The number of benzene rings is 4. The lowest BCUT2D eigenvalue weighted by atomic mass is 9.99. The van der Waals surface area contributed by atoms with E-state index in [1.807, 2.05) is 36.4 Å². The third-order valence-electron chi connectivity index (χ3n) is 6.74. The van der Waals surface area contributed by atoms with Gasteiger partial charge >= 0.3 is 0 Å². The molecule has 0 saturated heterocycles. The molecule has 37 heavy (non-hydrogen) atoms. The van der Waals surface area contributed by atoms with E-state index in [1.165, 1.54) is 0 Å². The number of nitrogens with zero attached hydrogens (tertiary/aromatic N) is 2. The van der Waals surface area contributed by atoms with E-state index in [0.29, 0.717) is 6.42 Å². The van der Waals surface area contributed by atoms with Crippen molar-refractivity contribution in [3.05, 3.63) is 121 Å². The van der Waals surface area contributed by atoms with E-state index in [-0.39, 0.29) is 0 Å². The van der Waals surface area contributed by atoms with Gasteiger partial charge in [-0.1, -0.05) is 72.8 Å². The van der Waals surface area contributed by atoms with Gasteiger partial charge in [-0.05, 0) is 47.2 Å². The maximum atomic E-state index is 5.65. The summed E-state index contributed by atoms with van der Waals surface area (Å²) in [7, 11) is 3.39. The van der Waals surface area contributed by atoms with Crippen LogP contribution < -0.4 is 9.47 Å². The molecule has 0 aliphatic rings. The smallest absolute Gasteiger partial charge is 0.128 e. The number of rotatable bonds is 6. The highest BCUT2D eigenvalue weighted by Crippen LogP contribution is 2.34. The Hall–Kier alpha value is -4.70. The zero-order valence-electron chi connectivity index (χ0n) is 20.8. The summed E-state index contributed by atoms with van der Waals surface area (Å²) in [6.07, 6.45) is 0.590. The van der Waals surface area contributed by atoms with Gasteiger partial charge < -0.3 is 9.47 Å². The average Bonchev–Trinajstić information content (AvgIpc) is 2.97. The lowest BCUT2D eigenvalue weighted by Gasteiger charge is -2.15. The molecule has 2 heterocycles. The molecular formula is C33H26N2O2. The second-order valence-electron chi connectivity index (χ2n) is 8.93. The van der Waals surface area contributed by atoms with Gasteiger partial charge in [0.1, 0.15) is 11.5 Å². The van der Waals surface area contributed by atoms with Crippen molar-refractivity contribution in [2.24, 2.45) is 0 Å². The van der Waals surface area contributed by atoms with Crippen LogP contribution >= 0.6 is 0 Å². The van der Waals surface area contributed by atoms with E-state index >= 15 is 0 Å². The second-order valence-corrected chi connectivity index (χ2v) is 8.93. The molecule has 0 saturated carbocycles. The van der Waals surface area contributed by atoms with Crippen molar-refractivity contribution in [2.75, 3.05) is 14.2 Å². The van der Waals surface area contributed by atoms with E-state index in [0.717, 1.165) is 66.9 Å². The Morgan fingerprint density at radius 3 is 1.38 bits per heavy atom. The van der Waals surface area contributed by atoms with Crippen molar-refractivity contribution in [2.45, 2.75) is 6.42 Å². The Morgan fingerprint density at radius 1 is 0.514 bits per heavy atom. The van der Waals surface area contributed by atoms with Crippen molar-refractivity contribution in [3.8, 4) is 34.0 Å². The first kappa shape index (κ1) is 22.7. The minimum Gasteiger partial charge on any atom is -0.496 e. The number of methoxy groups -OCH3 is 2. The Kier molecular flexibility index (Phi) is 5.99. The molecular weight excluding hydrogens is 456 g/mol. The fourth-order valence-electron chi connectivity index (χ4n) is 4.96. The van der Waals surface area contributed by atoms with Crippen molar-refractivity contribution < 1.29 is 9.47 Å². The van der Waals surface area contributed by atoms with E-state index < -0.39 is 0 Å². The summed E-state index contributed by atoms with van der Waals surface area (Å²) in [4.78, 5) is 10.3. The molecule has 0 aliphatic carbocycles. The van der Waals surface area contributed by atoms with Crippen molar-refractivity contribution in [1.82, 2.24) is 9.97 Å². The zero-order chi connectivity index (χ0) is 25.2. The number of ether oxygens (including phenoxy) is 2. The van der Waals surface area contributed by atoms with Gasteiger partial charge in [-0.3, -0.25) is 9.97 Å². The summed E-state index contributed by atoms with van der Waals surface area (Å²) in [6, 6.07) is 37.1. The number of para-hydroxylation sites is 2. The Bertz CT molecular complexity index is 1610. The van der Waals surface area contributed by atoms with E-state index in [4.69, 9.17) is 19.4 Å². The normalized spacial score (nSPS) is 11.1. The number of hydrogen-bond donors (Lipinski definition) is 0. The molecule has 4 nitrogen and oxygen atoms in total. The van der Waals surface area contributed by atoms with Crippen LogP contribution in [0, 0.1) is 0 Å². The van der Waals surface area contributed by atoms with Gasteiger partial charge in [0.25, 0.3) is 0 Å². The number of pyridine rings is 2. The van der Waals surface area contributed by atoms with Crippen molar-refractivity contribution in [3.63, 3.8) is 0 Å². The van der Waals surface area contributed by atoms with Crippen LogP contribution in [0.3, 0.4) is 0 Å². The van der Waals surface area contributed by atoms with Crippen LogP contribution in [0.1, 0.15) is 11.4 Å². The summed E-state index contributed by atoms with van der Waals surface area (Å²) in [5, 5.41) is 4.52. The van der Waals surface area contributed by atoms with Gasteiger partial charge in [0, 0.05) is 28.3 Å². The molecule has 6 rings (SSSR count). The summed E-state index contributed by atoms with van der Waals surface area (Å²) in [5.74, 6) is 1.61. The Morgan fingerprint density at radius 2 is 0.919 bits per heavy atom. The number of fused-ring (bicyclic) bond motifs is 2. The van der Waals surface area contributed by atoms with Crippen LogP contribution in [0.2, 0.25) is 0 Å². The fourth-order valence-corrected chi connectivity index (χ4v) is 4.96. The number of aromatic nitrogens is 2. The third-order valence-corrected chi connectivity index (χ3v) is 6.74. The highest BCUT2D eigenvalue weighted by Gasteiger charge is 2.16. The summed E-state index contributed by atoms with van der Waals surface area (Å²) >= 11 is 0. The second kappa shape index (κ2) is 9.75. The number of hydrogen-bond acceptors (Lipinski definition) is 4. The molecule has 0 atom stereocenters. The van der Waals surface area contributed by atoms with Crippen LogP contribution in [0.25, 0.3) is 44.1 Å². The lowest BCUT2D eigenvalue weighted by Crippen LogP contribution is -2.02. The molecule has 0 fully saturated rings. The van der Waals surface area contributed by atoms with Gasteiger partial charge in [-0.15, -0.1) is 0 Å². The van der Waals surface area contributed by atoms with Gasteiger partial charge in [-0.25, -0.2) is 0 Å². The maximum Gasteiger partial charge on any atom is 0.128 e. The van der Waals surface area contributed by atoms with Gasteiger partial charge in [-0.2, -0.15) is 0 Å². The quantitative estimate of drug-likeness (QED) is 0.244. The van der Waals surface area contributed by atoms with Crippen molar-refractivity contribution in [1.29, 1.82) is 0 Å². The highest BCUT2D eigenvalue weighted by atomic mass is 16.5. The first-order valence-electron chi connectivity index (χ1n) is 12.3. The van der Waals surface area contributed by atoms with E-state index in [2.05, 4.69) is 72.8 Å². The van der Waals surface area contributed by atoms with Crippen LogP contribution in [-0.2, 0) is 6.42 Å². The molecule has 0 radical (unpaired) electrons. The third kappa shape index (κ3) is 4.27. The standard InChI is InChI=1S/C33H26N2O2/c1-36-32-17-9-7-15-26(32)28-19-22-11-3-5-13-24(22)30(34-28)21-31-25-14-6-4-12-23(25)20-29(35-31)27-16-8-10-18-33(27)37-2/h3-20H,21H2,1-2H3. The monoisotopic (exact) mass is 482 g/mol. The van der Waals surface area contributed by atoms with Crippen LogP contribution in [0.4, 0.5) is 0 Å². The van der Waals surface area contributed by atoms with Gasteiger partial charge in [0.05, 0.1) is 37.0 Å². The minimum absolute atomic E-state index is 0.590. The molecule has 6 aromatic rings. The lowest BCUT2D eigenvalue weighted by molar-refractivity contribution is 0.416. The molecule has 0 unspecified atom stereocenters. The predicted molar refractivity (Wildman–Crippen MR) is 150 cm³/mol. The first-order chi connectivity index (χ1) is 18.2. The molecule has 0 aliphatic heterocycles. The maximum absolute atomic E-state index is 5.65. The summed E-state index contributed by atoms with van der Waals surface area (Å²) in [6.45, 7) is 0. The molecule has 0 spiro atoms.